The monoisotopic (exact) mass is 254 g/mol. The number of esters is 2. The molecule has 0 radical (unpaired) electrons. The van der Waals surface area contributed by atoms with Gasteiger partial charge in [-0.15, -0.1) is 0 Å². The van der Waals surface area contributed by atoms with Gasteiger partial charge in [-0.25, -0.2) is 0 Å². The summed E-state index contributed by atoms with van der Waals surface area (Å²) in [7, 11) is 0. The highest BCUT2D eigenvalue weighted by Gasteiger charge is 2.38. The Kier molecular flexibility index (Phi) is 5.38. The van der Waals surface area contributed by atoms with Crippen molar-refractivity contribution in [2.24, 2.45) is 11.8 Å². The van der Waals surface area contributed by atoms with Gasteiger partial charge in [-0.1, -0.05) is 11.1 Å². The normalized spacial score (nSPS) is 23.8. The summed E-state index contributed by atoms with van der Waals surface area (Å²) in [6.07, 6.45) is 1.18. The lowest BCUT2D eigenvalue weighted by Crippen LogP contribution is -2.35. The fourth-order valence-corrected chi connectivity index (χ4v) is 2.29. The van der Waals surface area contributed by atoms with Crippen molar-refractivity contribution in [2.75, 3.05) is 13.2 Å². The minimum atomic E-state index is -0.396. The predicted octanol–water partition coefficient (Wildman–Crippen LogP) is 2.48. The van der Waals surface area contributed by atoms with E-state index in [0.29, 0.717) is 26.1 Å². The summed E-state index contributed by atoms with van der Waals surface area (Å²) in [5.41, 5.74) is 2.35. The van der Waals surface area contributed by atoms with E-state index in [1.54, 1.807) is 13.8 Å². The molecule has 4 nitrogen and oxygen atoms in total. The summed E-state index contributed by atoms with van der Waals surface area (Å²) in [6, 6.07) is 0. The van der Waals surface area contributed by atoms with E-state index in [9.17, 15) is 9.59 Å². The molecule has 0 saturated carbocycles. The molecule has 0 spiro atoms. The van der Waals surface area contributed by atoms with E-state index in [1.165, 1.54) is 11.1 Å². The van der Waals surface area contributed by atoms with E-state index in [0.717, 1.165) is 0 Å². The van der Waals surface area contributed by atoms with Crippen LogP contribution in [0.2, 0.25) is 0 Å². The highest BCUT2D eigenvalue weighted by molar-refractivity contribution is 5.83. The number of ether oxygens (including phenoxy) is 2. The Morgan fingerprint density at radius 1 is 0.944 bits per heavy atom. The van der Waals surface area contributed by atoms with Gasteiger partial charge in [-0.3, -0.25) is 9.59 Å². The fourth-order valence-electron chi connectivity index (χ4n) is 2.29. The Labute approximate surface area is 108 Å². The van der Waals surface area contributed by atoms with Crippen LogP contribution >= 0.6 is 0 Å². The second-order valence-electron chi connectivity index (χ2n) is 4.69. The average molecular weight is 254 g/mol. The molecule has 0 bridgehead atoms. The van der Waals surface area contributed by atoms with E-state index < -0.39 is 11.8 Å². The number of allylic oxidation sites excluding steroid dienone is 2. The maximum Gasteiger partial charge on any atom is 0.310 e. The van der Waals surface area contributed by atoms with Gasteiger partial charge in [0.1, 0.15) is 0 Å². The number of carbonyl (C=O) groups excluding carboxylic acids is 2. The zero-order valence-corrected chi connectivity index (χ0v) is 11.6. The summed E-state index contributed by atoms with van der Waals surface area (Å²) in [5, 5.41) is 0. The third-order valence-electron chi connectivity index (χ3n) is 3.45. The molecular weight excluding hydrogens is 232 g/mol. The summed E-state index contributed by atoms with van der Waals surface area (Å²) in [5.74, 6) is -1.37. The van der Waals surface area contributed by atoms with Crippen molar-refractivity contribution in [3.8, 4) is 0 Å². The first-order valence-corrected chi connectivity index (χ1v) is 6.49. The van der Waals surface area contributed by atoms with Crippen molar-refractivity contribution in [1.82, 2.24) is 0 Å². The van der Waals surface area contributed by atoms with Crippen molar-refractivity contribution < 1.29 is 19.1 Å². The fraction of sp³-hybridized carbons (Fsp3) is 0.714. The molecule has 2 atom stereocenters. The van der Waals surface area contributed by atoms with Crippen LogP contribution in [0.15, 0.2) is 11.1 Å². The van der Waals surface area contributed by atoms with Gasteiger partial charge in [-0.2, -0.15) is 0 Å². The molecule has 0 saturated heterocycles. The van der Waals surface area contributed by atoms with Crippen molar-refractivity contribution >= 4 is 11.9 Å². The third-order valence-corrected chi connectivity index (χ3v) is 3.45. The minimum absolute atomic E-state index is 0.289. The molecule has 102 valence electrons. The Hall–Kier alpha value is -1.32. The Morgan fingerprint density at radius 3 is 1.56 bits per heavy atom. The molecule has 0 aromatic carbocycles. The molecule has 1 aliphatic carbocycles. The lowest BCUT2D eigenvalue weighted by molar-refractivity contribution is -0.160. The number of hydrogen-bond donors (Lipinski definition) is 0. The van der Waals surface area contributed by atoms with Crippen LogP contribution < -0.4 is 0 Å². The zero-order valence-electron chi connectivity index (χ0n) is 11.6. The summed E-state index contributed by atoms with van der Waals surface area (Å²) in [4.78, 5) is 23.8. The Balaban J connectivity index is 2.88. The second kappa shape index (κ2) is 6.57. The molecule has 1 aliphatic rings. The Bertz CT molecular complexity index is 323. The van der Waals surface area contributed by atoms with Crippen LogP contribution in [-0.2, 0) is 19.1 Å². The quantitative estimate of drug-likeness (QED) is 0.571. The van der Waals surface area contributed by atoms with Crippen molar-refractivity contribution in [3.63, 3.8) is 0 Å². The molecule has 0 amide bonds. The molecule has 4 heteroatoms. The van der Waals surface area contributed by atoms with Crippen molar-refractivity contribution in [2.45, 2.75) is 40.5 Å². The first-order valence-electron chi connectivity index (χ1n) is 6.49. The number of carbonyl (C=O) groups is 2. The summed E-state index contributed by atoms with van der Waals surface area (Å²) < 4.78 is 10.1. The molecule has 0 N–H and O–H groups in total. The van der Waals surface area contributed by atoms with E-state index in [2.05, 4.69) is 0 Å². The number of rotatable bonds is 4. The van der Waals surface area contributed by atoms with Crippen LogP contribution in [-0.4, -0.2) is 25.2 Å². The molecule has 0 aliphatic heterocycles. The van der Waals surface area contributed by atoms with Crippen LogP contribution in [0.3, 0.4) is 0 Å². The topological polar surface area (TPSA) is 52.6 Å². The van der Waals surface area contributed by atoms with Gasteiger partial charge in [-0.05, 0) is 40.5 Å². The standard InChI is InChI=1S/C14H22O4/c1-5-17-13(15)11-7-9(3)10(4)8-12(11)14(16)18-6-2/h11-12H,5-8H2,1-4H3/t11-,12-/m0/s1. The second-order valence-corrected chi connectivity index (χ2v) is 4.69. The predicted molar refractivity (Wildman–Crippen MR) is 67.9 cm³/mol. The van der Waals surface area contributed by atoms with E-state index in [-0.39, 0.29) is 11.9 Å². The van der Waals surface area contributed by atoms with Crippen LogP contribution in [0.25, 0.3) is 0 Å². The van der Waals surface area contributed by atoms with Crippen LogP contribution in [0, 0.1) is 11.8 Å². The molecular formula is C14H22O4. The third kappa shape index (κ3) is 3.34. The minimum Gasteiger partial charge on any atom is -0.466 e. The molecule has 0 aromatic rings. The SMILES string of the molecule is CCOC(=O)[C@H]1CC(C)=C(C)C[C@@H]1C(=O)OCC. The maximum absolute atomic E-state index is 11.9. The molecule has 0 aromatic heterocycles. The Morgan fingerprint density at radius 2 is 1.28 bits per heavy atom. The first-order chi connectivity index (χ1) is 8.51. The number of hydrogen-bond acceptors (Lipinski definition) is 4. The van der Waals surface area contributed by atoms with Crippen LogP contribution in [0.4, 0.5) is 0 Å². The highest BCUT2D eigenvalue weighted by atomic mass is 16.5. The van der Waals surface area contributed by atoms with Gasteiger partial charge in [0.2, 0.25) is 0 Å². The maximum atomic E-state index is 11.9. The summed E-state index contributed by atoms with van der Waals surface area (Å²) >= 11 is 0. The molecule has 0 unspecified atom stereocenters. The van der Waals surface area contributed by atoms with Gasteiger partial charge in [0.15, 0.2) is 0 Å². The molecule has 18 heavy (non-hydrogen) atoms. The first kappa shape index (κ1) is 14.7. The van der Waals surface area contributed by atoms with Gasteiger partial charge >= 0.3 is 11.9 Å². The van der Waals surface area contributed by atoms with Gasteiger partial charge in [0, 0.05) is 0 Å². The van der Waals surface area contributed by atoms with Gasteiger partial charge in [0.05, 0.1) is 25.0 Å². The van der Waals surface area contributed by atoms with Crippen molar-refractivity contribution in [1.29, 1.82) is 0 Å². The lowest BCUT2D eigenvalue weighted by atomic mass is 9.76. The van der Waals surface area contributed by atoms with Crippen molar-refractivity contribution in [3.05, 3.63) is 11.1 Å². The van der Waals surface area contributed by atoms with Crippen LogP contribution in [0.1, 0.15) is 40.5 Å². The lowest BCUT2D eigenvalue weighted by Gasteiger charge is -2.29. The van der Waals surface area contributed by atoms with E-state index in [4.69, 9.17) is 9.47 Å². The van der Waals surface area contributed by atoms with Gasteiger partial charge in [0.25, 0.3) is 0 Å². The van der Waals surface area contributed by atoms with E-state index in [1.807, 2.05) is 13.8 Å². The molecule has 1 rings (SSSR count). The largest absolute Gasteiger partial charge is 0.466 e. The average Bonchev–Trinajstić information content (AvgIpc) is 2.32. The zero-order chi connectivity index (χ0) is 13.7. The molecule has 0 heterocycles. The smallest absolute Gasteiger partial charge is 0.310 e. The highest BCUT2D eigenvalue weighted by Crippen LogP contribution is 2.35. The van der Waals surface area contributed by atoms with E-state index >= 15 is 0 Å². The summed E-state index contributed by atoms with van der Waals surface area (Å²) in [6.45, 7) is 8.23. The van der Waals surface area contributed by atoms with Gasteiger partial charge < -0.3 is 9.47 Å². The molecule has 0 fully saturated rings. The van der Waals surface area contributed by atoms with Crippen LogP contribution in [0.5, 0.6) is 0 Å².